The first-order chi connectivity index (χ1) is 12.8. The predicted octanol–water partition coefficient (Wildman–Crippen LogP) is 2.46. The van der Waals surface area contributed by atoms with Gasteiger partial charge in [-0.1, -0.05) is 19.3 Å². The van der Waals surface area contributed by atoms with Crippen molar-refractivity contribution in [2.75, 3.05) is 20.2 Å². The fraction of sp³-hybridized carbons (Fsp3) is 0.632. The molecule has 3 N–H and O–H groups in total. The van der Waals surface area contributed by atoms with Crippen molar-refractivity contribution >= 4 is 16.0 Å². The Morgan fingerprint density at radius 2 is 1.74 bits per heavy atom. The maximum absolute atomic E-state index is 12.4. The van der Waals surface area contributed by atoms with Crippen LogP contribution in [0, 0.1) is 5.92 Å². The predicted molar refractivity (Wildman–Crippen MR) is 103 cm³/mol. The highest BCUT2D eigenvalue weighted by atomic mass is 32.2. The number of piperidine rings is 1. The van der Waals surface area contributed by atoms with Crippen LogP contribution in [0.25, 0.3) is 0 Å². The fourth-order valence-corrected chi connectivity index (χ4v) is 4.92. The molecule has 7 nitrogen and oxygen atoms in total. The normalized spacial score (nSPS) is 21.8. The van der Waals surface area contributed by atoms with Crippen molar-refractivity contribution in [1.29, 1.82) is 0 Å². The van der Waals surface area contributed by atoms with Gasteiger partial charge in [-0.25, -0.2) is 8.42 Å². The van der Waals surface area contributed by atoms with Crippen LogP contribution >= 0.6 is 0 Å². The van der Waals surface area contributed by atoms with Gasteiger partial charge in [0.15, 0.2) is 0 Å². The van der Waals surface area contributed by atoms with Crippen molar-refractivity contribution in [3.05, 3.63) is 24.3 Å². The Kier molecular flexibility index (Phi) is 8.07. The molecule has 0 aromatic heterocycles. The van der Waals surface area contributed by atoms with E-state index in [4.69, 9.17) is 15.6 Å². The summed E-state index contributed by atoms with van der Waals surface area (Å²) in [6.45, 7) is 0.391. The maximum Gasteiger partial charge on any atom is 0.307 e. The molecule has 152 valence electrons. The maximum atomic E-state index is 12.4. The Morgan fingerprint density at radius 1 is 1.11 bits per heavy atom. The highest BCUT2D eigenvalue weighted by molar-refractivity contribution is 7.89. The van der Waals surface area contributed by atoms with Gasteiger partial charge in [0.05, 0.1) is 17.9 Å². The number of carboxylic acid groups (broad SMARTS) is 1. The molecule has 0 radical (unpaired) electrons. The monoisotopic (exact) mass is 398 g/mol. The average Bonchev–Trinajstić information content (AvgIpc) is 2.69. The van der Waals surface area contributed by atoms with Gasteiger partial charge in [0.1, 0.15) is 5.75 Å². The molecule has 27 heavy (non-hydrogen) atoms. The fourth-order valence-electron chi connectivity index (χ4n) is 3.39. The molecule has 1 aliphatic heterocycles. The Balaban J connectivity index is 0.000000313. The first kappa shape index (κ1) is 21.7. The number of carbonyl (C=O) groups is 1. The molecule has 0 spiro atoms. The standard InChI is InChI=1S/C13H17NO5S.C6H13N/c1-19-11-4-6-12(7-5-11)20(17,18)14-8-2-3-10(9-14)13(15)16;7-6-4-2-1-3-5-6/h4-7,10H,2-3,8-9H2,1H3,(H,15,16);6H,1-5,7H2. The lowest BCUT2D eigenvalue weighted by molar-refractivity contribution is -0.142. The van der Waals surface area contributed by atoms with Crippen molar-refractivity contribution < 1.29 is 23.1 Å². The van der Waals surface area contributed by atoms with E-state index in [9.17, 15) is 13.2 Å². The Labute approximate surface area is 161 Å². The van der Waals surface area contributed by atoms with Gasteiger partial charge in [-0.15, -0.1) is 0 Å². The van der Waals surface area contributed by atoms with E-state index in [1.54, 1.807) is 12.1 Å². The van der Waals surface area contributed by atoms with Gasteiger partial charge in [-0.3, -0.25) is 4.79 Å². The summed E-state index contributed by atoms with van der Waals surface area (Å²) in [4.78, 5) is 11.2. The minimum Gasteiger partial charge on any atom is -0.497 e. The minimum absolute atomic E-state index is 0.0314. The molecular weight excluding hydrogens is 368 g/mol. The van der Waals surface area contributed by atoms with Crippen molar-refractivity contribution in [3.8, 4) is 5.75 Å². The molecule has 3 rings (SSSR count). The van der Waals surface area contributed by atoms with Gasteiger partial charge in [-0.2, -0.15) is 4.31 Å². The van der Waals surface area contributed by atoms with Gasteiger partial charge in [0.25, 0.3) is 0 Å². The van der Waals surface area contributed by atoms with Gasteiger partial charge >= 0.3 is 5.97 Å². The molecule has 1 aliphatic carbocycles. The molecule has 0 amide bonds. The Bertz CT molecular complexity index is 699. The van der Waals surface area contributed by atoms with E-state index in [2.05, 4.69) is 0 Å². The molecule has 1 aromatic carbocycles. The third-order valence-corrected chi connectivity index (χ3v) is 6.96. The van der Waals surface area contributed by atoms with Crippen molar-refractivity contribution in [3.63, 3.8) is 0 Å². The second kappa shape index (κ2) is 10.1. The van der Waals surface area contributed by atoms with Crippen LogP contribution in [0.1, 0.15) is 44.9 Å². The van der Waals surface area contributed by atoms with Crippen LogP contribution in [0.2, 0.25) is 0 Å². The zero-order valence-electron chi connectivity index (χ0n) is 15.8. The summed E-state index contributed by atoms with van der Waals surface area (Å²) in [5.41, 5.74) is 5.63. The Morgan fingerprint density at radius 3 is 2.22 bits per heavy atom. The molecule has 0 bridgehead atoms. The van der Waals surface area contributed by atoms with Crippen LogP contribution in [0.5, 0.6) is 5.75 Å². The minimum atomic E-state index is -3.64. The van der Waals surface area contributed by atoms with E-state index in [1.807, 2.05) is 0 Å². The molecule has 1 heterocycles. The number of nitrogens with zero attached hydrogens (tertiary/aromatic N) is 1. The molecule has 1 unspecified atom stereocenters. The summed E-state index contributed by atoms with van der Waals surface area (Å²) in [7, 11) is -2.13. The zero-order chi connectivity index (χ0) is 19.9. The quantitative estimate of drug-likeness (QED) is 0.806. The number of carboxylic acids is 1. The van der Waals surface area contributed by atoms with Crippen molar-refractivity contribution in [2.45, 2.75) is 55.9 Å². The van der Waals surface area contributed by atoms with Gasteiger partial charge in [-0.05, 0) is 49.9 Å². The van der Waals surface area contributed by atoms with E-state index >= 15 is 0 Å². The highest BCUT2D eigenvalue weighted by Crippen LogP contribution is 2.25. The lowest BCUT2D eigenvalue weighted by atomic mass is 9.97. The van der Waals surface area contributed by atoms with Crippen LogP contribution in [0.15, 0.2) is 29.2 Å². The van der Waals surface area contributed by atoms with E-state index in [1.165, 1.54) is 55.7 Å². The molecule has 1 saturated heterocycles. The molecule has 8 heteroatoms. The number of aliphatic carboxylic acids is 1. The number of benzene rings is 1. The van der Waals surface area contributed by atoms with E-state index in [0.717, 1.165) is 0 Å². The highest BCUT2D eigenvalue weighted by Gasteiger charge is 2.33. The van der Waals surface area contributed by atoms with E-state index in [-0.39, 0.29) is 11.4 Å². The SMILES string of the molecule is COc1ccc(S(=O)(=O)N2CCCC(C(=O)O)C2)cc1.NC1CCCCC1. The largest absolute Gasteiger partial charge is 0.497 e. The van der Waals surface area contributed by atoms with Crippen LogP contribution in [0.4, 0.5) is 0 Å². The zero-order valence-corrected chi connectivity index (χ0v) is 16.7. The van der Waals surface area contributed by atoms with Gasteiger partial charge < -0.3 is 15.6 Å². The molecular formula is C19H30N2O5S. The lowest BCUT2D eigenvalue weighted by Gasteiger charge is -2.29. The second-order valence-electron chi connectivity index (χ2n) is 7.11. The molecule has 2 aliphatic rings. The summed E-state index contributed by atoms with van der Waals surface area (Å²) in [5.74, 6) is -0.998. The van der Waals surface area contributed by atoms with E-state index in [0.29, 0.717) is 31.2 Å². The summed E-state index contributed by atoms with van der Waals surface area (Å²) in [6.07, 6.45) is 7.74. The van der Waals surface area contributed by atoms with Crippen LogP contribution in [0.3, 0.4) is 0 Å². The summed E-state index contributed by atoms with van der Waals surface area (Å²) in [6, 6.07) is 6.63. The third kappa shape index (κ3) is 6.19. The van der Waals surface area contributed by atoms with Crippen LogP contribution in [-0.2, 0) is 14.8 Å². The first-order valence-electron chi connectivity index (χ1n) is 9.47. The van der Waals surface area contributed by atoms with Gasteiger partial charge in [0.2, 0.25) is 10.0 Å². The van der Waals surface area contributed by atoms with E-state index < -0.39 is 21.9 Å². The number of nitrogens with two attached hydrogens (primary N) is 1. The summed E-state index contributed by atoms with van der Waals surface area (Å²) < 4.78 is 31.1. The first-order valence-corrected chi connectivity index (χ1v) is 10.9. The van der Waals surface area contributed by atoms with Crippen LogP contribution < -0.4 is 10.5 Å². The number of methoxy groups -OCH3 is 1. The van der Waals surface area contributed by atoms with Crippen LogP contribution in [-0.4, -0.2) is 50.0 Å². The molecule has 2 fully saturated rings. The topological polar surface area (TPSA) is 110 Å². The smallest absolute Gasteiger partial charge is 0.307 e. The lowest BCUT2D eigenvalue weighted by Crippen LogP contribution is -2.42. The number of rotatable bonds is 4. The molecule has 1 saturated carbocycles. The number of ether oxygens (including phenoxy) is 1. The van der Waals surface area contributed by atoms with Crippen molar-refractivity contribution in [2.24, 2.45) is 11.7 Å². The third-order valence-electron chi connectivity index (χ3n) is 5.08. The van der Waals surface area contributed by atoms with Crippen molar-refractivity contribution in [1.82, 2.24) is 4.31 Å². The summed E-state index contributed by atoms with van der Waals surface area (Å²) >= 11 is 0. The Hall–Kier alpha value is -1.64. The molecule has 1 atom stereocenters. The average molecular weight is 399 g/mol. The number of hydrogen-bond donors (Lipinski definition) is 2. The number of sulfonamides is 1. The number of hydrogen-bond acceptors (Lipinski definition) is 5. The second-order valence-corrected chi connectivity index (χ2v) is 9.05. The molecule has 1 aromatic rings. The van der Waals surface area contributed by atoms with Gasteiger partial charge in [0, 0.05) is 19.1 Å². The summed E-state index contributed by atoms with van der Waals surface area (Å²) in [5, 5.41) is 9.02.